The summed E-state index contributed by atoms with van der Waals surface area (Å²) < 4.78 is 26.6. The molecule has 1 aromatic rings. The number of hydrogen-bond acceptors (Lipinski definition) is 3. The number of rotatable bonds is 4. The fourth-order valence-electron chi connectivity index (χ4n) is 1.92. The molecule has 1 fully saturated rings. The van der Waals surface area contributed by atoms with E-state index < -0.39 is 10.0 Å². The number of hydrogen-bond donors (Lipinski definition) is 2. The highest BCUT2D eigenvalue weighted by Gasteiger charge is 2.19. The van der Waals surface area contributed by atoms with Crippen LogP contribution in [0.1, 0.15) is 12.0 Å². The molecule has 1 saturated heterocycles. The molecule has 18 heavy (non-hydrogen) atoms. The first-order valence-corrected chi connectivity index (χ1v) is 7.33. The number of nitrogens with one attached hydrogen (secondary N) is 2. The quantitative estimate of drug-likeness (QED) is 0.879. The lowest BCUT2D eigenvalue weighted by molar-refractivity contribution is 0.539. The Hall–Kier alpha value is -0.620. The van der Waals surface area contributed by atoms with Gasteiger partial charge >= 0.3 is 0 Å². The van der Waals surface area contributed by atoms with E-state index in [4.69, 9.17) is 0 Å². The molecule has 1 unspecified atom stereocenters. The van der Waals surface area contributed by atoms with Crippen LogP contribution >= 0.6 is 12.4 Å². The Bertz CT molecular complexity index is 467. The normalized spacial score (nSPS) is 19.5. The van der Waals surface area contributed by atoms with Crippen LogP contribution in [0.25, 0.3) is 0 Å². The van der Waals surface area contributed by atoms with Gasteiger partial charge in [0.2, 0.25) is 10.0 Å². The van der Waals surface area contributed by atoms with Gasteiger partial charge in [0.1, 0.15) is 0 Å². The van der Waals surface area contributed by atoms with Gasteiger partial charge in [0.05, 0.1) is 4.90 Å². The molecule has 1 heterocycles. The van der Waals surface area contributed by atoms with Crippen molar-refractivity contribution in [3.8, 4) is 0 Å². The second-order valence-corrected chi connectivity index (χ2v) is 6.29. The first kappa shape index (κ1) is 15.4. The summed E-state index contributed by atoms with van der Waals surface area (Å²) >= 11 is 0. The van der Waals surface area contributed by atoms with E-state index in [1.807, 2.05) is 19.1 Å². The predicted molar refractivity (Wildman–Crippen MR) is 74.6 cm³/mol. The molecule has 0 bridgehead atoms. The van der Waals surface area contributed by atoms with Gasteiger partial charge in [0.25, 0.3) is 0 Å². The van der Waals surface area contributed by atoms with Crippen molar-refractivity contribution in [3.05, 3.63) is 29.8 Å². The van der Waals surface area contributed by atoms with E-state index in [1.165, 1.54) is 0 Å². The Kier molecular flexibility index (Phi) is 5.59. The number of benzene rings is 1. The predicted octanol–water partition coefficient (Wildman–Crippen LogP) is 1.30. The fourth-order valence-corrected chi connectivity index (χ4v) is 3.03. The monoisotopic (exact) mass is 290 g/mol. The van der Waals surface area contributed by atoms with Crippen LogP contribution in [0.4, 0.5) is 0 Å². The van der Waals surface area contributed by atoms with E-state index in [-0.39, 0.29) is 12.4 Å². The molecule has 102 valence electrons. The molecule has 6 heteroatoms. The van der Waals surface area contributed by atoms with Gasteiger partial charge in [-0.15, -0.1) is 12.4 Å². The summed E-state index contributed by atoms with van der Waals surface area (Å²) in [5.74, 6) is 0.412. The second kappa shape index (κ2) is 6.52. The smallest absolute Gasteiger partial charge is 0.240 e. The van der Waals surface area contributed by atoms with Crippen LogP contribution in [-0.4, -0.2) is 28.1 Å². The Morgan fingerprint density at radius 1 is 1.33 bits per heavy atom. The van der Waals surface area contributed by atoms with Crippen LogP contribution in [-0.2, 0) is 10.0 Å². The summed E-state index contributed by atoms with van der Waals surface area (Å²) in [5.41, 5.74) is 1.06. The SMILES string of the molecule is Cc1ccc(S(=O)(=O)NCC2CCNC2)cc1.Cl. The zero-order valence-corrected chi connectivity index (χ0v) is 12.0. The minimum atomic E-state index is -3.34. The van der Waals surface area contributed by atoms with E-state index in [0.717, 1.165) is 25.1 Å². The van der Waals surface area contributed by atoms with E-state index in [9.17, 15) is 8.42 Å². The van der Waals surface area contributed by atoms with Gasteiger partial charge in [-0.05, 0) is 44.5 Å². The highest BCUT2D eigenvalue weighted by molar-refractivity contribution is 7.89. The van der Waals surface area contributed by atoms with Gasteiger partial charge in [0.15, 0.2) is 0 Å². The summed E-state index contributed by atoms with van der Waals surface area (Å²) in [7, 11) is -3.34. The minimum Gasteiger partial charge on any atom is -0.316 e. The highest BCUT2D eigenvalue weighted by atomic mass is 35.5. The standard InChI is InChI=1S/C12H18N2O2S.ClH/c1-10-2-4-12(5-3-10)17(15,16)14-9-11-6-7-13-8-11;/h2-5,11,13-14H,6-9H2,1H3;1H. The number of sulfonamides is 1. The molecule has 1 aliphatic heterocycles. The number of halogens is 1. The third-order valence-electron chi connectivity index (χ3n) is 3.06. The molecule has 2 rings (SSSR count). The summed E-state index contributed by atoms with van der Waals surface area (Å²) in [6.45, 7) is 4.34. The van der Waals surface area contributed by atoms with Crippen molar-refractivity contribution in [2.45, 2.75) is 18.2 Å². The largest absolute Gasteiger partial charge is 0.316 e. The van der Waals surface area contributed by atoms with Crippen LogP contribution in [0.5, 0.6) is 0 Å². The molecule has 0 spiro atoms. The topological polar surface area (TPSA) is 58.2 Å². The Balaban J connectivity index is 0.00000162. The molecule has 0 aliphatic carbocycles. The maximum absolute atomic E-state index is 12.0. The number of aryl methyl sites for hydroxylation is 1. The van der Waals surface area contributed by atoms with Gasteiger partial charge in [-0.25, -0.2) is 13.1 Å². The Labute approximate surface area is 115 Å². The minimum absolute atomic E-state index is 0. The van der Waals surface area contributed by atoms with Crippen LogP contribution in [0, 0.1) is 12.8 Å². The van der Waals surface area contributed by atoms with Crippen LogP contribution in [0.15, 0.2) is 29.2 Å². The van der Waals surface area contributed by atoms with E-state index in [2.05, 4.69) is 10.0 Å². The van der Waals surface area contributed by atoms with Gasteiger partial charge in [-0.2, -0.15) is 0 Å². The molecule has 0 aromatic heterocycles. The summed E-state index contributed by atoms with van der Waals surface area (Å²) in [5, 5.41) is 3.22. The maximum Gasteiger partial charge on any atom is 0.240 e. The molecule has 0 amide bonds. The molecule has 1 aromatic carbocycles. The fraction of sp³-hybridized carbons (Fsp3) is 0.500. The Morgan fingerprint density at radius 2 is 2.00 bits per heavy atom. The molecular formula is C12H19ClN2O2S. The van der Waals surface area contributed by atoms with Crippen molar-refractivity contribution < 1.29 is 8.42 Å². The van der Waals surface area contributed by atoms with Gasteiger partial charge < -0.3 is 5.32 Å². The lowest BCUT2D eigenvalue weighted by Gasteiger charge is -2.10. The Morgan fingerprint density at radius 3 is 2.56 bits per heavy atom. The van der Waals surface area contributed by atoms with Gasteiger partial charge in [-0.3, -0.25) is 0 Å². The van der Waals surface area contributed by atoms with E-state index in [1.54, 1.807) is 12.1 Å². The molecule has 0 saturated carbocycles. The maximum atomic E-state index is 12.0. The third-order valence-corrected chi connectivity index (χ3v) is 4.50. The zero-order valence-electron chi connectivity index (χ0n) is 10.3. The van der Waals surface area contributed by atoms with E-state index >= 15 is 0 Å². The summed E-state index contributed by atoms with van der Waals surface area (Å²) in [4.78, 5) is 0.342. The second-order valence-electron chi connectivity index (χ2n) is 4.52. The van der Waals surface area contributed by atoms with Gasteiger partial charge in [0, 0.05) is 6.54 Å². The van der Waals surface area contributed by atoms with Crippen molar-refractivity contribution >= 4 is 22.4 Å². The van der Waals surface area contributed by atoms with Crippen molar-refractivity contribution in [1.82, 2.24) is 10.0 Å². The third kappa shape index (κ3) is 3.95. The van der Waals surface area contributed by atoms with Crippen molar-refractivity contribution in [1.29, 1.82) is 0 Å². The van der Waals surface area contributed by atoms with Crippen LogP contribution < -0.4 is 10.0 Å². The average molecular weight is 291 g/mol. The zero-order chi connectivity index (χ0) is 12.3. The van der Waals surface area contributed by atoms with Gasteiger partial charge in [-0.1, -0.05) is 17.7 Å². The molecule has 0 radical (unpaired) electrons. The summed E-state index contributed by atoms with van der Waals surface area (Å²) in [6, 6.07) is 6.91. The highest BCUT2D eigenvalue weighted by Crippen LogP contribution is 2.11. The first-order chi connectivity index (χ1) is 8.08. The van der Waals surface area contributed by atoms with Crippen LogP contribution in [0.2, 0.25) is 0 Å². The molecule has 4 nitrogen and oxygen atoms in total. The van der Waals surface area contributed by atoms with Crippen molar-refractivity contribution in [3.63, 3.8) is 0 Å². The lowest BCUT2D eigenvalue weighted by Crippen LogP contribution is -2.30. The van der Waals surface area contributed by atoms with E-state index in [0.29, 0.717) is 17.4 Å². The summed E-state index contributed by atoms with van der Waals surface area (Å²) in [6.07, 6.45) is 1.04. The molecule has 2 N–H and O–H groups in total. The first-order valence-electron chi connectivity index (χ1n) is 5.85. The molecule has 1 aliphatic rings. The van der Waals surface area contributed by atoms with Crippen molar-refractivity contribution in [2.75, 3.05) is 19.6 Å². The van der Waals surface area contributed by atoms with Crippen molar-refractivity contribution in [2.24, 2.45) is 5.92 Å². The molecular weight excluding hydrogens is 272 g/mol. The van der Waals surface area contributed by atoms with Crippen LogP contribution in [0.3, 0.4) is 0 Å². The lowest BCUT2D eigenvalue weighted by atomic mass is 10.1. The average Bonchev–Trinajstić information content (AvgIpc) is 2.80. The molecule has 1 atom stereocenters.